The van der Waals surface area contributed by atoms with Gasteiger partial charge >= 0.3 is 0 Å². The molecular weight excluding hydrogens is 342 g/mol. The smallest absolute Gasteiger partial charge is 0.246 e. The minimum atomic E-state index is -0.525. The first-order chi connectivity index (χ1) is 11.7. The minimum Gasteiger partial charge on any atom is -0.384 e. The van der Waals surface area contributed by atoms with Crippen LogP contribution >= 0.6 is 12.4 Å². The molecule has 1 aromatic rings. The maximum absolute atomic E-state index is 12.7. The Morgan fingerprint density at radius 1 is 1.28 bits per heavy atom. The summed E-state index contributed by atoms with van der Waals surface area (Å²) >= 11 is 0. The maximum Gasteiger partial charge on any atom is 0.246 e. The summed E-state index contributed by atoms with van der Waals surface area (Å²) in [5.41, 5.74) is 1.63. The summed E-state index contributed by atoms with van der Waals surface area (Å²) in [5, 5.41) is 6.11. The quantitative estimate of drug-likeness (QED) is 0.818. The van der Waals surface area contributed by atoms with Crippen LogP contribution in [0.3, 0.4) is 0 Å². The van der Waals surface area contributed by atoms with Gasteiger partial charge in [-0.25, -0.2) is 0 Å². The van der Waals surface area contributed by atoms with Crippen LogP contribution in [0.5, 0.6) is 0 Å². The first-order valence-electron chi connectivity index (χ1n) is 8.52. The second-order valence-corrected chi connectivity index (χ2v) is 6.57. The number of ether oxygens (including phenoxy) is 1. The molecule has 0 atom stereocenters. The fourth-order valence-corrected chi connectivity index (χ4v) is 3.65. The van der Waals surface area contributed by atoms with Crippen molar-refractivity contribution >= 4 is 29.9 Å². The number of piperidine rings is 1. The summed E-state index contributed by atoms with van der Waals surface area (Å²) in [6.45, 7) is 2.70. The van der Waals surface area contributed by atoms with Crippen LogP contribution in [-0.2, 0) is 20.7 Å². The third-order valence-corrected chi connectivity index (χ3v) is 5.05. The molecule has 2 aliphatic heterocycles. The number of nitrogens with zero attached hydrogens (tertiary/aromatic N) is 1. The highest BCUT2D eigenvalue weighted by atomic mass is 35.5. The Hall–Kier alpha value is -1.63. The predicted molar refractivity (Wildman–Crippen MR) is 99.2 cm³/mol. The van der Waals surface area contributed by atoms with Crippen molar-refractivity contribution in [1.82, 2.24) is 10.6 Å². The van der Waals surface area contributed by atoms with E-state index >= 15 is 0 Å². The number of para-hydroxylation sites is 1. The highest BCUT2D eigenvalue weighted by molar-refractivity contribution is 5.98. The molecule has 2 N–H and O–H groups in total. The molecule has 3 rings (SSSR count). The van der Waals surface area contributed by atoms with Crippen molar-refractivity contribution in [2.75, 3.05) is 44.8 Å². The van der Waals surface area contributed by atoms with Crippen LogP contribution in [0.1, 0.15) is 18.4 Å². The van der Waals surface area contributed by atoms with Crippen molar-refractivity contribution in [3.05, 3.63) is 29.8 Å². The van der Waals surface area contributed by atoms with Gasteiger partial charge in [0.2, 0.25) is 11.8 Å². The topological polar surface area (TPSA) is 70.7 Å². The lowest BCUT2D eigenvalue weighted by Crippen LogP contribution is -2.52. The van der Waals surface area contributed by atoms with Gasteiger partial charge in [-0.2, -0.15) is 0 Å². The summed E-state index contributed by atoms with van der Waals surface area (Å²) in [7, 11) is 1.61. The number of anilines is 1. The van der Waals surface area contributed by atoms with E-state index in [1.165, 1.54) is 5.56 Å². The SMILES string of the molecule is COCC1(C(=O)NCC(=O)N2CCc3ccccc32)CCNCC1.Cl. The van der Waals surface area contributed by atoms with Gasteiger partial charge in [0.1, 0.15) is 0 Å². The molecule has 0 spiro atoms. The molecule has 0 unspecified atom stereocenters. The number of rotatable bonds is 5. The highest BCUT2D eigenvalue weighted by Crippen LogP contribution is 2.30. The number of hydrogen-bond acceptors (Lipinski definition) is 4. The lowest BCUT2D eigenvalue weighted by atomic mass is 9.78. The van der Waals surface area contributed by atoms with Crippen molar-refractivity contribution in [2.24, 2.45) is 5.41 Å². The van der Waals surface area contributed by atoms with Crippen LogP contribution < -0.4 is 15.5 Å². The van der Waals surface area contributed by atoms with Crippen molar-refractivity contribution < 1.29 is 14.3 Å². The molecule has 1 fully saturated rings. The second-order valence-electron chi connectivity index (χ2n) is 6.57. The van der Waals surface area contributed by atoms with Gasteiger partial charge in [-0.3, -0.25) is 9.59 Å². The van der Waals surface area contributed by atoms with E-state index in [0.717, 1.165) is 38.0 Å². The highest BCUT2D eigenvalue weighted by Gasteiger charge is 2.40. The third-order valence-electron chi connectivity index (χ3n) is 5.05. The Morgan fingerprint density at radius 2 is 2.00 bits per heavy atom. The fourth-order valence-electron chi connectivity index (χ4n) is 3.65. The van der Waals surface area contributed by atoms with E-state index in [9.17, 15) is 9.59 Å². The van der Waals surface area contributed by atoms with Gasteiger partial charge in [-0.1, -0.05) is 18.2 Å². The maximum atomic E-state index is 12.7. The molecule has 1 aromatic carbocycles. The predicted octanol–water partition coefficient (Wildman–Crippen LogP) is 1.13. The van der Waals surface area contributed by atoms with Gasteiger partial charge in [-0.15, -0.1) is 12.4 Å². The lowest BCUT2D eigenvalue weighted by Gasteiger charge is -2.35. The third kappa shape index (κ3) is 4.14. The molecule has 2 amide bonds. The fraction of sp³-hybridized carbons (Fsp3) is 0.556. The Bertz CT molecular complexity index is 612. The first kappa shape index (κ1) is 19.7. The molecule has 138 valence electrons. The number of carbonyl (C=O) groups is 2. The van der Waals surface area contributed by atoms with Crippen molar-refractivity contribution in [3.63, 3.8) is 0 Å². The van der Waals surface area contributed by atoms with Gasteiger partial charge in [0.25, 0.3) is 0 Å². The van der Waals surface area contributed by atoms with Crippen LogP contribution in [0.2, 0.25) is 0 Å². The van der Waals surface area contributed by atoms with Gasteiger partial charge < -0.3 is 20.3 Å². The number of hydrogen-bond donors (Lipinski definition) is 2. The standard InChI is InChI=1S/C18H25N3O3.ClH/c1-24-13-18(7-9-19-10-8-18)17(23)20-12-16(22)21-11-6-14-4-2-3-5-15(14)21;/h2-5,19H,6-13H2,1H3,(H,20,23);1H. The van der Waals surface area contributed by atoms with E-state index in [0.29, 0.717) is 13.2 Å². The van der Waals surface area contributed by atoms with Gasteiger partial charge in [-0.05, 0) is 44.0 Å². The zero-order valence-electron chi connectivity index (χ0n) is 14.5. The van der Waals surface area contributed by atoms with E-state index < -0.39 is 5.41 Å². The Balaban J connectivity index is 0.00000225. The molecular formula is C18H26ClN3O3. The molecule has 0 radical (unpaired) electrons. The number of methoxy groups -OCH3 is 1. The molecule has 0 aliphatic carbocycles. The summed E-state index contributed by atoms with van der Waals surface area (Å²) < 4.78 is 5.27. The Kier molecular flexibility index (Phi) is 6.81. The van der Waals surface area contributed by atoms with Crippen molar-refractivity contribution in [3.8, 4) is 0 Å². The van der Waals surface area contributed by atoms with E-state index in [-0.39, 0.29) is 30.8 Å². The summed E-state index contributed by atoms with van der Waals surface area (Å²) in [6, 6.07) is 7.93. The minimum absolute atomic E-state index is 0. The van der Waals surface area contributed by atoms with E-state index in [4.69, 9.17) is 4.74 Å². The van der Waals surface area contributed by atoms with Crippen LogP contribution in [0.4, 0.5) is 5.69 Å². The van der Waals surface area contributed by atoms with Gasteiger partial charge in [0.05, 0.1) is 18.6 Å². The Morgan fingerprint density at radius 3 is 2.72 bits per heavy atom. The molecule has 0 bridgehead atoms. The number of fused-ring (bicyclic) bond motifs is 1. The average Bonchev–Trinajstić information content (AvgIpc) is 3.04. The number of carbonyl (C=O) groups excluding carboxylic acids is 2. The second kappa shape index (κ2) is 8.65. The van der Waals surface area contributed by atoms with Crippen molar-refractivity contribution in [2.45, 2.75) is 19.3 Å². The van der Waals surface area contributed by atoms with E-state index in [2.05, 4.69) is 10.6 Å². The number of benzene rings is 1. The molecule has 6 nitrogen and oxygen atoms in total. The van der Waals surface area contributed by atoms with E-state index in [1.54, 1.807) is 12.0 Å². The Labute approximate surface area is 154 Å². The summed E-state index contributed by atoms with van der Waals surface area (Å²) in [4.78, 5) is 27.0. The number of amides is 2. The first-order valence-corrected chi connectivity index (χ1v) is 8.52. The van der Waals surface area contributed by atoms with Crippen molar-refractivity contribution in [1.29, 1.82) is 0 Å². The number of nitrogens with one attached hydrogen (secondary N) is 2. The molecule has 1 saturated heterocycles. The molecule has 2 aliphatic rings. The van der Waals surface area contributed by atoms with Gasteiger partial charge in [0.15, 0.2) is 0 Å². The van der Waals surface area contributed by atoms with Crippen LogP contribution in [0.15, 0.2) is 24.3 Å². The number of halogens is 1. The zero-order chi connectivity index (χ0) is 17.0. The van der Waals surface area contributed by atoms with Crippen LogP contribution in [-0.4, -0.2) is 51.7 Å². The molecule has 25 heavy (non-hydrogen) atoms. The largest absolute Gasteiger partial charge is 0.384 e. The normalized spacial score (nSPS) is 18.2. The van der Waals surface area contributed by atoms with Gasteiger partial charge in [0, 0.05) is 19.3 Å². The molecule has 7 heteroatoms. The zero-order valence-corrected chi connectivity index (χ0v) is 15.4. The van der Waals surface area contributed by atoms with E-state index in [1.807, 2.05) is 24.3 Å². The summed E-state index contributed by atoms with van der Waals surface area (Å²) in [5.74, 6) is -0.138. The molecule has 0 aromatic heterocycles. The molecule has 2 heterocycles. The average molecular weight is 368 g/mol. The molecule has 0 saturated carbocycles. The lowest BCUT2D eigenvalue weighted by molar-refractivity contribution is -0.137. The van der Waals surface area contributed by atoms with Crippen LogP contribution in [0, 0.1) is 5.41 Å². The monoisotopic (exact) mass is 367 g/mol. The van der Waals surface area contributed by atoms with Crippen LogP contribution in [0.25, 0.3) is 0 Å². The summed E-state index contributed by atoms with van der Waals surface area (Å²) in [6.07, 6.45) is 2.33.